The second-order valence-electron chi connectivity index (χ2n) is 12.2. The minimum absolute atomic E-state index is 0. The minimum Gasteiger partial charge on any atom is -0.497 e. The lowest BCUT2D eigenvalue weighted by Crippen LogP contribution is -2.55. The minimum atomic E-state index is -4.64. The fourth-order valence-electron chi connectivity index (χ4n) is 6.89. The van der Waals surface area contributed by atoms with Crippen LogP contribution >= 0.6 is 37.2 Å². The summed E-state index contributed by atoms with van der Waals surface area (Å²) in [6, 6.07) is 12.5. The summed E-state index contributed by atoms with van der Waals surface area (Å²) >= 11 is 0. The summed E-state index contributed by atoms with van der Waals surface area (Å²) < 4.78 is 52.3. The average Bonchev–Trinajstić information content (AvgIpc) is 3.35. The number of aromatic nitrogens is 1. The van der Waals surface area contributed by atoms with Crippen LogP contribution in [-0.2, 0) is 25.2 Å². The van der Waals surface area contributed by atoms with Crippen LogP contribution in [0.5, 0.6) is 17.2 Å². The number of nitrogens with zero attached hydrogens (tertiary/aromatic N) is 5. The number of sulfonamides is 1. The van der Waals surface area contributed by atoms with Crippen molar-refractivity contribution in [2.24, 2.45) is 0 Å². The number of carbonyl (C=O) groups excluding carboxylic acids is 2. The quantitative estimate of drug-likeness (QED) is 0.320. The number of fused-ring (bicyclic) bond motifs is 1. The van der Waals surface area contributed by atoms with E-state index in [2.05, 4.69) is 21.8 Å². The predicted molar refractivity (Wildman–Crippen MR) is 199 cm³/mol. The van der Waals surface area contributed by atoms with Gasteiger partial charge in [0, 0.05) is 61.3 Å². The largest absolute Gasteiger partial charge is 0.497 e. The van der Waals surface area contributed by atoms with Crippen LogP contribution < -0.4 is 18.5 Å². The van der Waals surface area contributed by atoms with Gasteiger partial charge in [-0.05, 0) is 76.3 Å². The van der Waals surface area contributed by atoms with Crippen LogP contribution in [-0.4, -0.2) is 114 Å². The predicted octanol–water partition coefficient (Wildman–Crippen LogP) is 4.51. The zero-order valence-corrected chi connectivity index (χ0v) is 32.3. The molecule has 0 spiro atoms. The molecule has 1 atom stereocenters. The Morgan fingerprint density at radius 3 is 2.08 bits per heavy atom. The molecule has 280 valence electrons. The van der Waals surface area contributed by atoms with Gasteiger partial charge < -0.3 is 28.7 Å². The molecule has 2 saturated heterocycles. The van der Waals surface area contributed by atoms with Crippen LogP contribution in [0.15, 0.2) is 59.6 Å². The Bertz CT molecular complexity index is 1820. The van der Waals surface area contributed by atoms with Crippen molar-refractivity contribution in [2.75, 3.05) is 72.0 Å². The Morgan fingerprint density at radius 1 is 0.843 bits per heavy atom. The van der Waals surface area contributed by atoms with Crippen molar-refractivity contribution in [3.63, 3.8) is 0 Å². The molecular weight excluding hydrogens is 745 g/mol. The molecule has 2 fully saturated rings. The number of methoxy groups -OCH3 is 3. The molecule has 2 amide bonds. The van der Waals surface area contributed by atoms with Crippen LogP contribution in [0.3, 0.4) is 0 Å². The molecule has 3 aromatic rings. The first-order valence-corrected chi connectivity index (χ1v) is 17.3. The third-order valence-electron chi connectivity index (χ3n) is 9.58. The van der Waals surface area contributed by atoms with E-state index in [1.807, 2.05) is 0 Å². The molecule has 13 nitrogen and oxygen atoms in total. The van der Waals surface area contributed by atoms with Crippen molar-refractivity contribution in [3.8, 4) is 17.2 Å². The van der Waals surface area contributed by atoms with E-state index in [0.717, 1.165) is 25.9 Å². The van der Waals surface area contributed by atoms with Gasteiger partial charge in [-0.2, -0.15) is 4.31 Å². The van der Waals surface area contributed by atoms with Gasteiger partial charge in [0.2, 0.25) is 5.60 Å². The van der Waals surface area contributed by atoms with Gasteiger partial charge in [0.15, 0.2) is 0 Å². The number of piperidine rings is 1. The lowest BCUT2D eigenvalue weighted by Gasteiger charge is -2.42. The van der Waals surface area contributed by atoms with E-state index in [-0.39, 0.29) is 64.7 Å². The van der Waals surface area contributed by atoms with Crippen molar-refractivity contribution in [1.82, 2.24) is 19.7 Å². The molecule has 3 aliphatic heterocycles. The third kappa shape index (κ3) is 7.53. The van der Waals surface area contributed by atoms with Gasteiger partial charge in [-0.15, -0.1) is 37.2 Å². The Labute approximate surface area is 317 Å². The molecule has 2 aromatic carbocycles. The van der Waals surface area contributed by atoms with E-state index in [9.17, 15) is 18.0 Å². The highest BCUT2D eigenvalue weighted by Gasteiger charge is 2.61. The van der Waals surface area contributed by atoms with Gasteiger partial charge in [0.05, 0.1) is 27.0 Å². The highest BCUT2D eigenvalue weighted by atomic mass is 35.5. The zero-order chi connectivity index (χ0) is 34.2. The van der Waals surface area contributed by atoms with Gasteiger partial charge in [-0.25, -0.2) is 13.2 Å². The summed E-state index contributed by atoms with van der Waals surface area (Å²) in [6.07, 6.45) is 2.96. The van der Waals surface area contributed by atoms with Crippen LogP contribution in [0.4, 0.5) is 10.5 Å². The van der Waals surface area contributed by atoms with Crippen molar-refractivity contribution < 1.29 is 37.0 Å². The standard InChI is InChI=1S/C34H41N5O8S.3ClH/c1-23-27(7-6-14-35-23)34(47-33(41)38-19-17-37(18-20-38)24-12-15-36(2)16-13-24)28-21-25(44-3)8-10-29(28)39(32(34)40)48(42,43)31-11-9-26(45-4)22-30(31)46-5;;;/h6-11,14,21-22,24H,12-13,15-20H2,1-5H3;3*1H. The number of anilines is 1. The molecule has 0 N–H and O–H groups in total. The number of hydrogen-bond acceptors (Lipinski definition) is 11. The van der Waals surface area contributed by atoms with Crippen molar-refractivity contribution in [1.29, 1.82) is 0 Å². The number of rotatable bonds is 8. The molecular formula is C34H44Cl3N5O8S. The highest BCUT2D eigenvalue weighted by molar-refractivity contribution is 7.93. The molecule has 6 rings (SSSR count). The first-order chi connectivity index (χ1) is 23.0. The van der Waals surface area contributed by atoms with E-state index >= 15 is 0 Å². The first-order valence-electron chi connectivity index (χ1n) is 15.9. The van der Waals surface area contributed by atoms with Gasteiger partial charge in [0.1, 0.15) is 22.1 Å². The highest BCUT2D eigenvalue weighted by Crippen LogP contribution is 2.51. The number of aryl methyl sites for hydroxylation is 1. The van der Waals surface area contributed by atoms with Gasteiger partial charge in [-0.1, -0.05) is 6.07 Å². The van der Waals surface area contributed by atoms with Crippen LogP contribution in [0.25, 0.3) is 0 Å². The van der Waals surface area contributed by atoms with Gasteiger partial charge >= 0.3 is 6.09 Å². The molecule has 17 heteroatoms. The second kappa shape index (κ2) is 16.9. The maximum absolute atomic E-state index is 15.0. The van der Waals surface area contributed by atoms with Crippen LogP contribution in [0.2, 0.25) is 0 Å². The van der Waals surface area contributed by atoms with E-state index in [1.165, 1.54) is 51.7 Å². The monoisotopic (exact) mass is 787 g/mol. The fraction of sp³-hybridized carbons (Fsp3) is 0.441. The molecule has 4 heterocycles. The second-order valence-corrected chi connectivity index (χ2v) is 14.0. The lowest BCUT2D eigenvalue weighted by molar-refractivity contribution is -0.132. The number of piperazine rings is 1. The SMILES string of the molecule is COc1ccc(S(=O)(=O)N2C(=O)C(OC(=O)N3CCN(C4CCN(C)CC4)CC3)(c3cccnc3C)c3cc(OC)ccc32)c(OC)c1.Cl.Cl.Cl. The van der Waals surface area contributed by atoms with Gasteiger partial charge in [0.25, 0.3) is 15.9 Å². The van der Waals surface area contributed by atoms with Crippen molar-refractivity contribution in [3.05, 3.63) is 71.5 Å². The molecule has 0 bridgehead atoms. The summed E-state index contributed by atoms with van der Waals surface area (Å²) in [5, 5.41) is 0. The number of pyridine rings is 1. The normalized spacial score (nSPS) is 19.6. The number of ether oxygens (including phenoxy) is 4. The summed E-state index contributed by atoms with van der Waals surface area (Å²) in [7, 11) is 1.73. The van der Waals surface area contributed by atoms with E-state index in [0.29, 0.717) is 53.7 Å². The van der Waals surface area contributed by atoms with Gasteiger partial charge in [-0.3, -0.25) is 14.7 Å². The Kier molecular flexibility index (Phi) is 13.9. The summed E-state index contributed by atoms with van der Waals surface area (Å²) in [4.78, 5) is 39.6. The Morgan fingerprint density at radius 2 is 1.47 bits per heavy atom. The maximum Gasteiger partial charge on any atom is 0.411 e. The number of halogens is 3. The summed E-state index contributed by atoms with van der Waals surface area (Å²) in [5.41, 5.74) is -1.42. The number of amides is 2. The van der Waals surface area contributed by atoms with Crippen LogP contribution in [0.1, 0.15) is 29.7 Å². The van der Waals surface area contributed by atoms with Crippen molar-refractivity contribution in [2.45, 2.75) is 36.3 Å². The Balaban J connectivity index is 0.00000234. The number of likely N-dealkylation sites (tertiary alicyclic amines) is 1. The number of carbonyl (C=O) groups is 2. The van der Waals surface area contributed by atoms with Crippen molar-refractivity contribution >= 4 is 64.9 Å². The smallest absolute Gasteiger partial charge is 0.411 e. The number of benzene rings is 2. The fourth-order valence-corrected chi connectivity index (χ4v) is 8.49. The molecule has 0 saturated carbocycles. The summed E-state index contributed by atoms with van der Waals surface area (Å²) in [6.45, 7) is 5.88. The lowest BCUT2D eigenvalue weighted by atomic mass is 9.86. The topological polar surface area (TPSA) is 131 Å². The maximum atomic E-state index is 15.0. The molecule has 1 unspecified atom stereocenters. The van der Waals surface area contributed by atoms with E-state index in [4.69, 9.17) is 18.9 Å². The first kappa shape index (κ1) is 41.9. The molecule has 3 aliphatic rings. The average molecular weight is 789 g/mol. The van der Waals surface area contributed by atoms with Crippen LogP contribution in [0, 0.1) is 6.92 Å². The zero-order valence-electron chi connectivity index (χ0n) is 29.1. The van der Waals surface area contributed by atoms with E-state index < -0.39 is 27.6 Å². The molecule has 0 aliphatic carbocycles. The third-order valence-corrected chi connectivity index (χ3v) is 11.3. The number of hydrogen-bond donors (Lipinski definition) is 0. The Hall–Kier alpha value is -3.53. The molecule has 51 heavy (non-hydrogen) atoms. The van der Waals surface area contributed by atoms with E-state index in [1.54, 1.807) is 36.2 Å². The molecule has 1 aromatic heterocycles. The molecule has 0 radical (unpaired) electrons. The summed E-state index contributed by atoms with van der Waals surface area (Å²) in [5.74, 6) is -0.296.